The Morgan fingerprint density at radius 3 is 2.56 bits per heavy atom. The molecule has 0 N–H and O–H groups in total. The fourth-order valence-corrected chi connectivity index (χ4v) is 5.18. The van der Waals surface area contributed by atoms with Gasteiger partial charge in [0.1, 0.15) is 0 Å². The van der Waals surface area contributed by atoms with Crippen molar-refractivity contribution in [2.75, 3.05) is 11.4 Å². The van der Waals surface area contributed by atoms with Crippen LogP contribution in [0.25, 0.3) is 11.1 Å². The molecule has 0 aliphatic carbocycles. The molecule has 0 radical (unpaired) electrons. The van der Waals surface area contributed by atoms with Gasteiger partial charge in [-0.1, -0.05) is 56.1 Å². The summed E-state index contributed by atoms with van der Waals surface area (Å²) in [6, 6.07) is 18.0. The van der Waals surface area contributed by atoms with Gasteiger partial charge < -0.3 is 4.90 Å². The zero-order valence-electron chi connectivity index (χ0n) is 14.6. The average Bonchev–Trinajstić information content (AvgIpc) is 3.18. The number of benzene rings is 2. The van der Waals surface area contributed by atoms with Crippen LogP contribution in [0, 0.1) is 0 Å². The van der Waals surface area contributed by atoms with E-state index in [1.807, 2.05) is 11.8 Å². The summed E-state index contributed by atoms with van der Waals surface area (Å²) in [5.74, 6) is 0. The molecule has 25 heavy (non-hydrogen) atoms. The molecule has 1 aliphatic rings. The number of nitrogens with zero attached hydrogens (tertiary/aromatic N) is 1. The molecule has 1 nitrogen and oxygen atoms in total. The van der Waals surface area contributed by atoms with Crippen molar-refractivity contribution in [3.8, 4) is 11.1 Å². The van der Waals surface area contributed by atoms with E-state index in [1.165, 1.54) is 58.0 Å². The fourth-order valence-electron chi connectivity index (χ4n) is 3.38. The van der Waals surface area contributed by atoms with Gasteiger partial charge in [-0.3, -0.25) is 0 Å². The van der Waals surface area contributed by atoms with Crippen molar-refractivity contribution in [2.24, 2.45) is 0 Å². The molecule has 0 fully saturated rings. The number of hydrogen-bond acceptors (Lipinski definition) is 3. The lowest BCUT2D eigenvalue weighted by Crippen LogP contribution is -2.21. The summed E-state index contributed by atoms with van der Waals surface area (Å²) in [6.07, 6.45) is 5.17. The predicted molar refractivity (Wildman–Crippen MR) is 111 cm³/mol. The summed E-state index contributed by atoms with van der Waals surface area (Å²) in [5, 5.41) is 4.38. The van der Waals surface area contributed by atoms with E-state index in [1.54, 1.807) is 11.3 Å². The van der Waals surface area contributed by atoms with E-state index < -0.39 is 0 Å². The molecular formula is C22H23NS2. The van der Waals surface area contributed by atoms with Crippen LogP contribution < -0.4 is 4.90 Å². The molecule has 3 aromatic rings. The minimum Gasteiger partial charge on any atom is -0.340 e. The first kappa shape index (κ1) is 16.7. The van der Waals surface area contributed by atoms with Crippen molar-refractivity contribution in [3.05, 3.63) is 59.3 Å². The van der Waals surface area contributed by atoms with Crippen LogP contribution in [0.15, 0.2) is 69.1 Å². The molecule has 2 aromatic carbocycles. The Kier molecular flexibility index (Phi) is 5.14. The van der Waals surface area contributed by atoms with Crippen LogP contribution in [0.1, 0.15) is 32.6 Å². The normalized spacial score (nSPS) is 12.8. The van der Waals surface area contributed by atoms with E-state index >= 15 is 0 Å². The van der Waals surface area contributed by atoms with Crippen molar-refractivity contribution < 1.29 is 0 Å². The number of hydrogen-bond donors (Lipinski definition) is 0. The topological polar surface area (TPSA) is 3.24 Å². The summed E-state index contributed by atoms with van der Waals surface area (Å²) in [4.78, 5) is 5.26. The second kappa shape index (κ2) is 7.67. The zero-order chi connectivity index (χ0) is 17.1. The van der Waals surface area contributed by atoms with Crippen molar-refractivity contribution in [1.29, 1.82) is 0 Å². The summed E-state index contributed by atoms with van der Waals surface area (Å²) < 4.78 is 0. The SMILES string of the molecule is CCCCCCN1c2ccccc2Sc2cc(-c3ccsc3)ccc21. The molecule has 2 heterocycles. The maximum atomic E-state index is 2.52. The highest BCUT2D eigenvalue weighted by Gasteiger charge is 2.23. The highest BCUT2D eigenvalue weighted by Crippen LogP contribution is 2.49. The van der Waals surface area contributed by atoms with Gasteiger partial charge in [0.25, 0.3) is 0 Å². The summed E-state index contributed by atoms with van der Waals surface area (Å²) >= 11 is 3.66. The summed E-state index contributed by atoms with van der Waals surface area (Å²) in [7, 11) is 0. The first-order valence-corrected chi connectivity index (χ1v) is 10.8. The average molecular weight is 366 g/mol. The first-order chi connectivity index (χ1) is 12.4. The minimum atomic E-state index is 1.10. The van der Waals surface area contributed by atoms with E-state index in [0.29, 0.717) is 0 Å². The molecule has 1 aliphatic heterocycles. The van der Waals surface area contributed by atoms with E-state index in [-0.39, 0.29) is 0 Å². The van der Waals surface area contributed by atoms with Crippen molar-refractivity contribution in [1.82, 2.24) is 0 Å². The fraction of sp³-hybridized carbons (Fsp3) is 0.273. The zero-order valence-corrected chi connectivity index (χ0v) is 16.2. The molecular weight excluding hydrogens is 342 g/mol. The lowest BCUT2D eigenvalue weighted by atomic mass is 10.1. The lowest BCUT2D eigenvalue weighted by molar-refractivity contribution is 0.666. The van der Waals surface area contributed by atoms with Gasteiger partial charge in [-0.05, 0) is 58.6 Å². The van der Waals surface area contributed by atoms with Crippen LogP contribution in [-0.4, -0.2) is 6.54 Å². The van der Waals surface area contributed by atoms with Gasteiger partial charge >= 0.3 is 0 Å². The Hall–Kier alpha value is -1.71. The van der Waals surface area contributed by atoms with Gasteiger partial charge in [-0.25, -0.2) is 0 Å². The van der Waals surface area contributed by atoms with E-state index in [2.05, 4.69) is 71.1 Å². The van der Waals surface area contributed by atoms with E-state index in [9.17, 15) is 0 Å². The van der Waals surface area contributed by atoms with Gasteiger partial charge in [-0.15, -0.1) is 0 Å². The summed E-state index contributed by atoms with van der Waals surface area (Å²) in [5.41, 5.74) is 5.36. The maximum Gasteiger partial charge on any atom is 0.0553 e. The van der Waals surface area contributed by atoms with E-state index in [4.69, 9.17) is 0 Å². The second-order valence-electron chi connectivity index (χ2n) is 6.48. The van der Waals surface area contributed by atoms with Gasteiger partial charge in [0.05, 0.1) is 11.4 Å². The van der Waals surface area contributed by atoms with Gasteiger partial charge in [0.2, 0.25) is 0 Å². The minimum absolute atomic E-state index is 1.10. The van der Waals surface area contributed by atoms with Crippen molar-refractivity contribution in [2.45, 2.75) is 42.4 Å². The van der Waals surface area contributed by atoms with Crippen LogP contribution in [-0.2, 0) is 0 Å². The molecule has 4 rings (SSSR count). The summed E-state index contributed by atoms with van der Waals surface area (Å²) in [6.45, 7) is 3.37. The lowest BCUT2D eigenvalue weighted by Gasteiger charge is -2.33. The highest BCUT2D eigenvalue weighted by atomic mass is 32.2. The number of thiophene rings is 1. The molecule has 3 heteroatoms. The smallest absolute Gasteiger partial charge is 0.0553 e. The molecule has 0 unspecified atom stereocenters. The molecule has 0 bridgehead atoms. The number of fused-ring (bicyclic) bond motifs is 2. The highest BCUT2D eigenvalue weighted by molar-refractivity contribution is 7.99. The predicted octanol–water partition coefficient (Wildman–Crippen LogP) is 7.60. The monoisotopic (exact) mass is 365 g/mol. The Balaban J connectivity index is 1.67. The molecule has 0 atom stereocenters. The van der Waals surface area contributed by atoms with Gasteiger partial charge in [-0.2, -0.15) is 11.3 Å². The number of para-hydroxylation sites is 1. The standard InChI is InChI=1S/C22H23NS2/c1-2-3-4-7-13-23-19-8-5-6-9-21(19)25-22-15-17(10-11-20(22)23)18-12-14-24-16-18/h5-6,8-12,14-16H,2-4,7,13H2,1H3. The van der Waals surface area contributed by atoms with Crippen LogP contribution in [0.5, 0.6) is 0 Å². The van der Waals surface area contributed by atoms with Gasteiger partial charge in [0, 0.05) is 16.3 Å². The molecule has 1 aromatic heterocycles. The Morgan fingerprint density at radius 1 is 0.840 bits per heavy atom. The molecule has 0 saturated carbocycles. The quantitative estimate of drug-likeness (QED) is 0.414. The van der Waals surface area contributed by atoms with Crippen LogP contribution >= 0.6 is 23.1 Å². The van der Waals surface area contributed by atoms with Crippen LogP contribution in [0.3, 0.4) is 0 Å². The molecule has 128 valence electrons. The third kappa shape index (κ3) is 3.49. The van der Waals surface area contributed by atoms with Gasteiger partial charge in [0.15, 0.2) is 0 Å². The number of anilines is 2. The Bertz CT molecular complexity index is 839. The Morgan fingerprint density at radius 2 is 1.72 bits per heavy atom. The van der Waals surface area contributed by atoms with Crippen LogP contribution in [0.2, 0.25) is 0 Å². The number of rotatable bonds is 6. The Labute approximate surface area is 158 Å². The molecule has 0 spiro atoms. The number of unbranched alkanes of at least 4 members (excludes halogenated alkanes) is 3. The third-order valence-corrected chi connectivity index (χ3v) is 6.51. The maximum absolute atomic E-state index is 2.52. The van der Waals surface area contributed by atoms with Crippen molar-refractivity contribution >= 4 is 34.5 Å². The second-order valence-corrected chi connectivity index (χ2v) is 8.34. The third-order valence-electron chi connectivity index (χ3n) is 4.72. The van der Waals surface area contributed by atoms with Crippen molar-refractivity contribution in [3.63, 3.8) is 0 Å². The molecule has 0 saturated heterocycles. The van der Waals surface area contributed by atoms with E-state index in [0.717, 1.165) is 6.54 Å². The molecule has 0 amide bonds. The van der Waals surface area contributed by atoms with Crippen LogP contribution in [0.4, 0.5) is 11.4 Å². The largest absolute Gasteiger partial charge is 0.340 e. The first-order valence-electron chi connectivity index (χ1n) is 9.08.